The molecule has 0 saturated heterocycles. The molecular formula is C14H26O2. The van der Waals surface area contributed by atoms with Gasteiger partial charge in [-0.15, -0.1) is 0 Å². The molecule has 1 rings (SSSR count). The fourth-order valence-corrected chi connectivity index (χ4v) is 3.47. The summed E-state index contributed by atoms with van der Waals surface area (Å²) in [5.74, 6) is 1.14. The van der Waals surface area contributed by atoms with Crippen molar-refractivity contribution < 1.29 is 9.90 Å². The van der Waals surface area contributed by atoms with Crippen molar-refractivity contribution in [1.29, 1.82) is 0 Å². The molecule has 1 saturated carbocycles. The van der Waals surface area contributed by atoms with Gasteiger partial charge in [-0.05, 0) is 50.4 Å². The second-order valence-corrected chi connectivity index (χ2v) is 6.09. The van der Waals surface area contributed by atoms with Crippen LogP contribution in [0.25, 0.3) is 0 Å². The highest BCUT2D eigenvalue weighted by Gasteiger charge is 2.43. The summed E-state index contributed by atoms with van der Waals surface area (Å²) in [4.78, 5) is 11.5. The maximum atomic E-state index is 11.5. The van der Waals surface area contributed by atoms with Crippen LogP contribution in [0.2, 0.25) is 0 Å². The third kappa shape index (κ3) is 2.78. The van der Waals surface area contributed by atoms with Crippen molar-refractivity contribution in [3.05, 3.63) is 0 Å². The minimum Gasteiger partial charge on any atom is -0.481 e. The Hall–Kier alpha value is -0.530. The minimum atomic E-state index is -0.597. The van der Waals surface area contributed by atoms with Gasteiger partial charge in [0.1, 0.15) is 0 Å². The molecule has 1 aliphatic carbocycles. The molecule has 0 aromatic carbocycles. The zero-order valence-corrected chi connectivity index (χ0v) is 11.1. The molecule has 1 fully saturated rings. The summed E-state index contributed by atoms with van der Waals surface area (Å²) in [6.45, 7) is 8.55. The Labute approximate surface area is 99.4 Å². The fraction of sp³-hybridized carbons (Fsp3) is 0.929. The Balaban J connectivity index is 2.81. The van der Waals surface area contributed by atoms with Crippen molar-refractivity contribution in [1.82, 2.24) is 0 Å². The van der Waals surface area contributed by atoms with Gasteiger partial charge in [0.2, 0.25) is 0 Å². The van der Waals surface area contributed by atoms with E-state index in [4.69, 9.17) is 0 Å². The zero-order chi connectivity index (χ0) is 12.3. The summed E-state index contributed by atoms with van der Waals surface area (Å²) in [6.07, 6.45) is 5.22. The van der Waals surface area contributed by atoms with Crippen LogP contribution in [-0.4, -0.2) is 11.1 Å². The van der Waals surface area contributed by atoms with Gasteiger partial charge in [-0.3, -0.25) is 4.79 Å². The third-order valence-electron chi connectivity index (χ3n) is 4.34. The van der Waals surface area contributed by atoms with E-state index < -0.39 is 11.4 Å². The van der Waals surface area contributed by atoms with Crippen LogP contribution in [0.3, 0.4) is 0 Å². The van der Waals surface area contributed by atoms with E-state index in [-0.39, 0.29) is 0 Å². The zero-order valence-electron chi connectivity index (χ0n) is 11.1. The lowest BCUT2D eigenvalue weighted by atomic mass is 9.63. The first kappa shape index (κ1) is 13.5. The smallest absolute Gasteiger partial charge is 0.309 e. The Bertz CT molecular complexity index is 239. The summed E-state index contributed by atoms with van der Waals surface area (Å²) in [5, 5.41) is 9.49. The Morgan fingerprint density at radius 1 is 1.25 bits per heavy atom. The predicted octanol–water partition coefficient (Wildman–Crippen LogP) is 3.95. The van der Waals surface area contributed by atoms with Crippen molar-refractivity contribution in [2.24, 2.45) is 23.2 Å². The van der Waals surface area contributed by atoms with Gasteiger partial charge in [-0.1, -0.05) is 27.2 Å². The largest absolute Gasteiger partial charge is 0.481 e. The number of aliphatic carboxylic acids is 1. The predicted molar refractivity (Wildman–Crippen MR) is 66.3 cm³/mol. The van der Waals surface area contributed by atoms with Gasteiger partial charge >= 0.3 is 5.97 Å². The van der Waals surface area contributed by atoms with Gasteiger partial charge in [0.15, 0.2) is 0 Å². The van der Waals surface area contributed by atoms with Gasteiger partial charge in [-0.2, -0.15) is 0 Å². The van der Waals surface area contributed by atoms with Crippen molar-refractivity contribution in [3.63, 3.8) is 0 Å². The van der Waals surface area contributed by atoms with Crippen molar-refractivity contribution in [3.8, 4) is 0 Å². The molecule has 0 heterocycles. The van der Waals surface area contributed by atoms with Crippen LogP contribution in [0.4, 0.5) is 0 Å². The number of carboxylic acids is 1. The Morgan fingerprint density at radius 2 is 1.75 bits per heavy atom. The number of carboxylic acid groups (broad SMARTS) is 1. The standard InChI is InChI=1S/C14H26O2/c1-5-6-14(4,13(15)16)12-8-10(2)7-11(3)9-12/h10-12H,5-9H2,1-4H3,(H,15,16). The van der Waals surface area contributed by atoms with Crippen LogP contribution < -0.4 is 0 Å². The Kier molecular flexibility index (Phi) is 4.40. The molecule has 3 unspecified atom stereocenters. The third-order valence-corrected chi connectivity index (χ3v) is 4.34. The molecule has 0 amide bonds. The molecule has 94 valence electrons. The molecule has 0 bridgehead atoms. The monoisotopic (exact) mass is 226 g/mol. The van der Waals surface area contributed by atoms with Gasteiger partial charge < -0.3 is 5.11 Å². The molecular weight excluding hydrogens is 200 g/mol. The number of hydrogen-bond donors (Lipinski definition) is 1. The number of rotatable bonds is 4. The molecule has 1 N–H and O–H groups in total. The summed E-state index contributed by atoms with van der Waals surface area (Å²) >= 11 is 0. The molecule has 1 aliphatic rings. The quantitative estimate of drug-likeness (QED) is 0.788. The van der Waals surface area contributed by atoms with Crippen molar-refractivity contribution >= 4 is 5.97 Å². The van der Waals surface area contributed by atoms with Crippen LogP contribution >= 0.6 is 0 Å². The highest BCUT2D eigenvalue weighted by Crippen LogP contribution is 2.45. The maximum absolute atomic E-state index is 11.5. The topological polar surface area (TPSA) is 37.3 Å². The number of carbonyl (C=O) groups is 1. The average molecular weight is 226 g/mol. The first-order valence-electron chi connectivity index (χ1n) is 6.63. The van der Waals surface area contributed by atoms with Crippen LogP contribution in [0.1, 0.15) is 59.8 Å². The minimum absolute atomic E-state index is 0.365. The maximum Gasteiger partial charge on any atom is 0.309 e. The van der Waals surface area contributed by atoms with Gasteiger partial charge in [0.05, 0.1) is 5.41 Å². The summed E-state index contributed by atoms with van der Waals surface area (Å²) in [7, 11) is 0. The normalized spacial score (nSPS) is 34.4. The molecule has 2 heteroatoms. The highest BCUT2D eigenvalue weighted by atomic mass is 16.4. The summed E-state index contributed by atoms with van der Waals surface area (Å²) < 4.78 is 0. The molecule has 0 aromatic heterocycles. The molecule has 0 aromatic rings. The first-order chi connectivity index (χ1) is 7.40. The number of hydrogen-bond acceptors (Lipinski definition) is 1. The van der Waals surface area contributed by atoms with E-state index in [1.54, 1.807) is 0 Å². The SMILES string of the molecule is CCCC(C)(C(=O)O)C1CC(C)CC(C)C1. The van der Waals surface area contributed by atoms with E-state index in [1.165, 1.54) is 6.42 Å². The second kappa shape index (κ2) is 5.20. The molecule has 0 spiro atoms. The summed E-state index contributed by atoms with van der Waals surface area (Å²) in [6, 6.07) is 0. The Morgan fingerprint density at radius 3 is 2.12 bits per heavy atom. The van der Waals surface area contributed by atoms with E-state index in [0.717, 1.165) is 25.7 Å². The molecule has 16 heavy (non-hydrogen) atoms. The lowest BCUT2D eigenvalue weighted by Crippen LogP contribution is -2.39. The van der Waals surface area contributed by atoms with Crippen LogP contribution in [-0.2, 0) is 4.79 Å². The average Bonchev–Trinajstić information content (AvgIpc) is 2.16. The van der Waals surface area contributed by atoms with E-state index in [1.807, 2.05) is 6.92 Å². The van der Waals surface area contributed by atoms with Crippen LogP contribution in [0.5, 0.6) is 0 Å². The second-order valence-electron chi connectivity index (χ2n) is 6.09. The van der Waals surface area contributed by atoms with Gasteiger partial charge in [0, 0.05) is 0 Å². The van der Waals surface area contributed by atoms with Crippen LogP contribution in [0.15, 0.2) is 0 Å². The molecule has 0 radical (unpaired) electrons. The van der Waals surface area contributed by atoms with E-state index in [0.29, 0.717) is 17.8 Å². The molecule has 3 atom stereocenters. The molecule has 2 nitrogen and oxygen atoms in total. The lowest BCUT2D eigenvalue weighted by Gasteiger charge is -2.41. The van der Waals surface area contributed by atoms with E-state index in [9.17, 15) is 9.90 Å². The first-order valence-corrected chi connectivity index (χ1v) is 6.63. The van der Waals surface area contributed by atoms with Gasteiger partial charge in [0.25, 0.3) is 0 Å². The van der Waals surface area contributed by atoms with Crippen molar-refractivity contribution in [2.75, 3.05) is 0 Å². The molecule has 0 aliphatic heterocycles. The summed E-state index contributed by atoms with van der Waals surface area (Å²) in [5.41, 5.74) is -0.502. The van der Waals surface area contributed by atoms with E-state index >= 15 is 0 Å². The van der Waals surface area contributed by atoms with Gasteiger partial charge in [-0.25, -0.2) is 0 Å². The fourth-order valence-electron chi connectivity index (χ4n) is 3.47. The van der Waals surface area contributed by atoms with Crippen LogP contribution in [0, 0.1) is 23.2 Å². The highest BCUT2D eigenvalue weighted by molar-refractivity contribution is 5.74. The lowest BCUT2D eigenvalue weighted by molar-refractivity contribution is -0.153. The van der Waals surface area contributed by atoms with Crippen molar-refractivity contribution in [2.45, 2.75) is 59.8 Å². The van der Waals surface area contributed by atoms with E-state index in [2.05, 4.69) is 20.8 Å².